The fourth-order valence-corrected chi connectivity index (χ4v) is 4.54. The van der Waals surface area contributed by atoms with Gasteiger partial charge in [0.05, 0.1) is 24.2 Å². The molecule has 1 aromatic heterocycles. The van der Waals surface area contributed by atoms with Crippen LogP contribution < -0.4 is 4.90 Å². The number of nitrogens with zero attached hydrogens (tertiary/aromatic N) is 3. The quantitative estimate of drug-likeness (QED) is 0.778. The van der Waals surface area contributed by atoms with Crippen molar-refractivity contribution in [3.8, 4) is 0 Å². The van der Waals surface area contributed by atoms with Crippen molar-refractivity contribution in [1.82, 2.24) is 9.88 Å². The van der Waals surface area contributed by atoms with E-state index in [1.54, 1.807) is 12.1 Å². The molecule has 0 spiro atoms. The predicted octanol–water partition coefficient (Wildman–Crippen LogP) is 0.949. The molecule has 3 heterocycles. The van der Waals surface area contributed by atoms with Gasteiger partial charge in [-0.1, -0.05) is 6.42 Å². The maximum Gasteiger partial charge on any atom is 0.225 e. The van der Waals surface area contributed by atoms with Gasteiger partial charge in [0.1, 0.15) is 5.82 Å². The van der Waals surface area contributed by atoms with Gasteiger partial charge in [-0.25, -0.2) is 13.4 Å². The number of aromatic nitrogens is 1. The molecule has 1 saturated carbocycles. The van der Waals surface area contributed by atoms with E-state index in [0.717, 1.165) is 38.2 Å². The highest BCUT2D eigenvalue weighted by Gasteiger charge is 2.38. The number of hydrogen-bond acceptors (Lipinski definition) is 6. The molecule has 2 saturated heterocycles. The monoisotopic (exact) mass is 379 g/mol. The summed E-state index contributed by atoms with van der Waals surface area (Å²) in [6, 6.07) is 3.41. The van der Waals surface area contributed by atoms with Crippen molar-refractivity contribution in [2.75, 3.05) is 44.0 Å². The van der Waals surface area contributed by atoms with Crippen LogP contribution in [0.25, 0.3) is 0 Å². The van der Waals surface area contributed by atoms with E-state index in [4.69, 9.17) is 4.74 Å². The van der Waals surface area contributed by atoms with Crippen LogP contribution in [0.3, 0.4) is 0 Å². The van der Waals surface area contributed by atoms with Crippen LogP contribution in [0.4, 0.5) is 5.82 Å². The molecule has 4 rings (SSSR count). The van der Waals surface area contributed by atoms with Gasteiger partial charge >= 0.3 is 0 Å². The van der Waals surface area contributed by atoms with Crippen LogP contribution in [-0.4, -0.2) is 69.4 Å². The van der Waals surface area contributed by atoms with Gasteiger partial charge in [0.2, 0.25) is 5.91 Å². The van der Waals surface area contributed by atoms with Gasteiger partial charge in [-0.2, -0.15) is 0 Å². The molecular weight excluding hydrogens is 354 g/mol. The number of carbonyl (C=O) groups excluding carboxylic acids is 1. The second-order valence-electron chi connectivity index (χ2n) is 7.70. The fraction of sp³-hybridized carbons (Fsp3) is 0.667. The van der Waals surface area contributed by atoms with Gasteiger partial charge < -0.3 is 14.5 Å². The molecular formula is C18H25N3O4S. The van der Waals surface area contributed by atoms with Gasteiger partial charge in [0.25, 0.3) is 0 Å². The second kappa shape index (κ2) is 6.81. The lowest BCUT2D eigenvalue weighted by Gasteiger charge is -2.35. The third-order valence-electron chi connectivity index (χ3n) is 5.68. The summed E-state index contributed by atoms with van der Waals surface area (Å²) >= 11 is 0. The van der Waals surface area contributed by atoms with Gasteiger partial charge in [0.15, 0.2) is 9.84 Å². The highest BCUT2D eigenvalue weighted by molar-refractivity contribution is 7.90. The number of carbonyl (C=O) groups is 1. The summed E-state index contributed by atoms with van der Waals surface area (Å²) in [5.74, 6) is 1.48. The molecule has 3 fully saturated rings. The van der Waals surface area contributed by atoms with Crippen molar-refractivity contribution < 1.29 is 17.9 Å². The van der Waals surface area contributed by atoms with E-state index in [2.05, 4.69) is 9.88 Å². The minimum Gasteiger partial charge on any atom is -0.379 e. The summed E-state index contributed by atoms with van der Waals surface area (Å²) < 4.78 is 29.1. The minimum absolute atomic E-state index is 0.0445. The van der Waals surface area contributed by atoms with Crippen LogP contribution in [0.5, 0.6) is 0 Å². The Bertz CT molecular complexity index is 776. The minimum atomic E-state index is -3.26. The first-order valence-electron chi connectivity index (χ1n) is 9.21. The van der Waals surface area contributed by atoms with E-state index in [-0.39, 0.29) is 28.7 Å². The first kappa shape index (κ1) is 17.7. The maximum absolute atomic E-state index is 12.7. The topological polar surface area (TPSA) is 79.8 Å². The molecule has 2 bridgehead atoms. The molecule has 0 radical (unpaired) electrons. The lowest BCUT2D eigenvalue weighted by molar-refractivity contribution is -0.139. The molecule has 2 atom stereocenters. The zero-order chi connectivity index (χ0) is 18.3. The molecule has 0 unspecified atom stereocenters. The zero-order valence-corrected chi connectivity index (χ0v) is 15.8. The molecule has 142 valence electrons. The second-order valence-corrected chi connectivity index (χ2v) is 9.72. The predicted molar refractivity (Wildman–Crippen MR) is 96.7 cm³/mol. The van der Waals surface area contributed by atoms with E-state index in [1.165, 1.54) is 12.5 Å². The van der Waals surface area contributed by atoms with Crippen molar-refractivity contribution in [3.05, 3.63) is 18.3 Å². The molecule has 0 N–H and O–H groups in total. The van der Waals surface area contributed by atoms with Gasteiger partial charge in [0, 0.05) is 43.9 Å². The highest BCUT2D eigenvalue weighted by atomic mass is 32.2. The Morgan fingerprint density at radius 3 is 2.62 bits per heavy atom. The molecule has 2 aliphatic heterocycles. The normalized spacial score (nSPS) is 27.0. The Hall–Kier alpha value is -1.67. The number of anilines is 1. The first-order valence-corrected chi connectivity index (χ1v) is 11.1. The van der Waals surface area contributed by atoms with E-state index in [9.17, 15) is 13.2 Å². The Labute approximate surface area is 154 Å². The van der Waals surface area contributed by atoms with Crippen LogP contribution in [0, 0.1) is 11.8 Å². The Balaban J connectivity index is 1.56. The summed E-state index contributed by atoms with van der Waals surface area (Å²) in [6.07, 6.45) is 5.78. The van der Waals surface area contributed by atoms with Crippen molar-refractivity contribution in [1.29, 1.82) is 0 Å². The lowest BCUT2D eigenvalue weighted by Crippen LogP contribution is -2.48. The highest BCUT2D eigenvalue weighted by Crippen LogP contribution is 2.31. The van der Waals surface area contributed by atoms with Gasteiger partial charge in [-0.15, -0.1) is 0 Å². The average Bonchev–Trinajstić information content (AvgIpc) is 2.83. The van der Waals surface area contributed by atoms with E-state index in [0.29, 0.717) is 19.8 Å². The van der Waals surface area contributed by atoms with Crippen LogP contribution in [-0.2, 0) is 19.4 Å². The first-order chi connectivity index (χ1) is 12.4. The molecule has 8 heteroatoms. The van der Waals surface area contributed by atoms with E-state index >= 15 is 0 Å². The van der Waals surface area contributed by atoms with Crippen molar-refractivity contribution >= 4 is 21.6 Å². The summed E-state index contributed by atoms with van der Waals surface area (Å²) in [5, 5.41) is 0. The molecule has 7 nitrogen and oxygen atoms in total. The van der Waals surface area contributed by atoms with E-state index < -0.39 is 9.84 Å². The number of pyridine rings is 1. The van der Waals surface area contributed by atoms with E-state index in [1.807, 2.05) is 4.90 Å². The third kappa shape index (κ3) is 3.44. The van der Waals surface area contributed by atoms with Crippen LogP contribution in [0.2, 0.25) is 0 Å². The van der Waals surface area contributed by atoms with Crippen LogP contribution in [0.15, 0.2) is 23.2 Å². The zero-order valence-electron chi connectivity index (χ0n) is 15.0. The van der Waals surface area contributed by atoms with Crippen molar-refractivity contribution in [3.63, 3.8) is 0 Å². The summed E-state index contributed by atoms with van der Waals surface area (Å²) in [7, 11) is -3.26. The van der Waals surface area contributed by atoms with Gasteiger partial charge in [-0.3, -0.25) is 4.79 Å². The number of fused-ring (bicyclic) bond motifs is 3. The summed E-state index contributed by atoms with van der Waals surface area (Å²) in [6.45, 7) is 3.33. The Morgan fingerprint density at radius 2 is 2.00 bits per heavy atom. The summed E-state index contributed by atoms with van der Waals surface area (Å²) in [5.41, 5.74) is 0. The molecule has 3 aliphatic rings. The fourth-order valence-electron chi connectivity index (χ4n) is 3.98. The van der Waals surface area contributed by atoms with Crippen LogP contribution >= 0.6 is 0 Å². The smallest absolute Gasteiger partial charge is 0.225 e. The standard InChI is InChI=1S/C18H25N3O4S/c1-26(23,24)16-5-6-17(19-7-16)21-9-13-8-20(10-15(21)12-25-11-13)18(22)14-3-2-4-14/h5-7,13-15H,2-4,8-12H2,1H3/t13-,15-/m0/s1. The number of rotatable bonds is 3. The molecule has 1 aromatic rings. The SMILES string of the molecule is CS(=O)(=O)c1ccc(N2C[C@H]3COC[C@@H]2CN(C(=O)C2CCC2)C3)nc1. The Morgan fingerprint density at radius 1 is 1.19 bits per heavy atom. The summed E-state index contributed by atoms with van der Waals surface area (Å²) in [4.78, 5) is 21.6. The molecule has 1 amide bonds. The molecule has 26 heavy (non-hydrogen) atoms. The largest absolute Gasteiger partial charge is 0.379 e. The number of sulfone groups is 1. The molecule has 0 aromatic carbocycles. The van der Waals surface area contributed by atoms with Crippen LogP contribution in [0.1, 0.15) is 19.3 Å². The third-order valence-corrected chi connectivity index (χ3v) is 6.78. The number of ether oxygens (including phenoxy) is 1. The maximum atomic E-state index is 12.7. The molecule has 1 aliphatic carbocycles. The Kier molecular flexibility index (Phi) is 4.64. The number of hydrogen-bond donors (Lipinski definition) is 0. The van der Waals surface area contributed by atoms with Crippen molar-refractivity contribution in [2.45, 2.75) is 30.2 Å². The van der Waals surface area contributed by atoms with Gasteiger partial charge in [-0.05, 0) is 25.0 Å². The average molecular weight is 379 g/mol. The van der Waals surface area contributed by atoms with Crippen molar-refractivity contribution in [2.24, 2.45) is 11.8 Å². The number of amides is 1. The lowest BCUT2D eigenvalue weighted by atomic mass is 9.84.